The van der Waals surface area contributed by atoms with E-state index in [0.717, 1.165) is 27.6 Å². The van der Waals surface area contributed by atoms with Crippen LogP contribution in [-0.4, -0.2) is 37.1 Å². The van der Waals surface area contributed by atoms with E-state index < -0.39 is 5.92 Å². The number of aromatic nitrogens is 1. The first-order chi connectivity index (χ1) is 19.8. The monoisotopic (exact) mass is 551 g/mol. The van der Waals surface area contributed by atoms with Crippen molar-refractivity contribution < 1.29 is 33.3 Å². The number of rotatable bonds is 7. The minimum absolute atomic E-state index is 0.0414. The van der Waals surface area contributed by atoms with Crippen molar-refractivity contribution in [2.75, 3.05) is 20.8 Å². The minimum Gasteiger partial charge on any atom is -0.497 e. The van der Waals surface area contributed by atoms with Crippen molar-refractivity contribution in [3.63, 3.8) is 0 Å². The summed E-state index contributed by atoms with van der Waals surface area (Å²) in [6.07, 6.45) is 3.73. The Kier molecular flexibility index (Phi) is 6.53. The molecule has 8 heteroatoms. The number of fused-ring (bicyclic) bond motifs is 4. The number of hydrogen-bond donors (Lipinski definition) is 0. The van der Waals surface area contributed by atoms with E-state index in [2.05, 4.69) is 6.58 Å². The molecule has 2 aliphatic heterocycles. The minimum atomic E-state index is -0.495. The third-order valence-corrected chi connectivity index (χ3v) is 7.36. The van der Waals surface area contributed by atoms with Crippen molar-refractivity contribution >= 4 is 28.7 Å². The molecule has 0 saturated carbocycles. The predicted octanol–water partition coefficient (Wildman–Crippen LogP) is 6.21. The van der Waals surface area contributed by atoms with Crippen LogP contribution in [0, 0.1) is 0 Å². The molecular weight excluding hydrogens is 522 g/mol. The molecule has 3 heterocycles. The molecule has 0 fully saturated rings. The molecule has 2 aliphatic rings. The summed E-state index contributed by atoms with van der Waals surface area (Å²) < 4.78 is 31.1. The molecule has 0 aliphatic carbocycles. The van der Waals surface area contributed by atoms with E-state index in [9.17, 15) is 9.59 Å². The number of nitrogens with zero attached hydrogens (tertiary/aromatic N) is 1. The Balaban J connectivity index is 1.47. The van der Waals surface area contributed by atoms with Gasteiger partial charge < -0.3 is 28.3 Å². The SMILES string of the molecule is C=C(C)COc1c(OC)cccc1[C@H]1CC(=O)Oc2ccc3c(c21)O/C(=C\c1cn(C)c2ccc(OC)cc12)C3=O. The van der Waals surface area contributed by atoms with E-state index in [1.807, 2.05) is 55.1 Å². The van der Waals surface area contributed by atoms with Gasteiger partial charge in [0.15, 0.2) is 17.3 Å². The van der Waals surface area contributed by atoms with Gasteiger partial charge in [-0.1, -0.05) is 18.7 Å². The van der Waals surface area contributed by atoms with Crippen molar-refractivity contribution in [2.45, 2.75) is 19.3 Å². The summed E-state index contributed by atoms with van der Waals surface area (Å²) in [6.45, 7) is 6.08. The molecule has 0 bridgehead atoms. The van der Waals surface area contributed by atoms with Gasteiger partial charge in [0.1, 0.15) is 23.9 Å². The molecule has 4 aromatic rings. The van der Waals surface area contributed by atoms with Gasteiger partial charge in [0.05, 0.1) is 26.2 Å². The lowest BCUT2D eigenvalue weighted by molar-refractivity contribution is -0.135. The van der Waals surface area contributed by atoms with Gasteiger partial charge in [0.25, 0.3) is 0 Å². The standard InChI is InChI=1S/C33H29NO7/c1-18(2)17-39-32-21(7-6-8-27(32)38-5)24-15-29(35)40-26-12-10-22-31(36)28(41-33(22)30(24)26)13-19-16-34(3)25-11-9-20(37-4)14-23(19)25/h6-14,16,24H,1,15,17H2,2-5H3/b28-13-/t24-/m1/s1. The summed E-state index contributed by atoms with van der Waals surface area (Å²) >= 11 is 0. The van der Waals surface area contributed by atoms with Crippen LogP contribution in [0.15, 0.2) is 72.6 Å². The second-order valence-electron chi connectivity index (χ2n) is 10.2. The summed E-state index contributed by atoms with van der Waals surface area (Å²) in [7, 11) is 5.13. The molecule has 3 aromatic carbocycles. The first-order valence-electron chi connectivity index (χ1n) is 13.2. The first-order valence-corrected chi connectivity index (χ1v) is 13.2. The van der Waals surface area contributed by atoms with E-state index in [-0.39, 0.29) is 30.5 Å². The molecule has 1 aromatic heterocycles. The van der Waals surface area contributed by atoms with Crippen LogP contribution in [0.4, 0.5) is 0 Å². The normalized spacial score (nSPS) is 16.7. The fourth-order valence-electron chi connectivity index (χ4n) is 5.47. The highest BCUT2D eigenvalue weighted by atomic mass is 16.5. The molecular formula is C33H29NO7. The number of methoxy groups -OCH3 is 2. The number of carbonyl (C=O) groups is 2. The van der Waals surface area contributed by atoms with Crippen molar-refractivity contribution in [1.82, 2.24) is 4.57 Å². The van der Waals surface area contributed by atoms with Gasteiger partial charge in [-0.15, -0.1) is 0 Å². The van der Waals surface area contributed by atoms with Crippen LogP contribution < -0.4 is 23.7 Å². The van der Waals surface area contributed by atoms with Crippen LogP contribution in [0.5, 0.6) is 28.7 Å². The summed E-state index contributed by atoms with van der Waals surface area (Å²) in [5.74, 6) is 1.53. The molecule has 0 N–H and O–H groups in total. The molecule has 208 valence electrons. The number of allylic oxidation sites excluding steroid dienone is 1. The lowest BCUT2D eigenvalue weighted by Crippen LogP contribution is -2.22. The molecule has 0 spiro atoms. The number of hydrogen-bond acceptors (Lipinski definition) is 7. The number of esters is 1. The van der Waals surface area contributed by atoms with Crippen molar-refractivity contribution in [1.29, 1.82) is 0 Å². The zero-order valence-corrected chi connectivity index (χ0v) is 23.3. The smallest absolute Gasteiger partial charge is 0.312 e. The first kappa shape index (κ1) is 26.3. The largest absolute Gasteiger partial charge is 0.497 e. The number of carbonyl (C=O) groups excluding carboxylic acids is 2. The Morgan fingerprint density at radius 1 is 1.10 bits per heavy atom. The molecule has 6 rings (SSSR count). The van der Waals surface area contributed by atoms with Crippen molar-refractivity contribution in [2.24, 2.45) is 7.05 Å². The van der Waals surface area contributed by atoms with Gasteiger partial charge in [-0.25, -0.2) is 0 Å². The predicted molar refractivity (Wildman–Crippen MR) is 154 cm³/mol. The average molecular weight is 552 g/mol. The van der Waals surface area contributed by atoms with Gasteiger partial charge in [0, 0.05) is 46.8 Å². The zero-order valence-electron chi connectivity index (χ0n) is 23.3. The summed E-state index contributed by atoms with van der Waals surface area (Å²) in [5.41, 5.74) is 4.39. The lowest BCUT2D eigenvalue weighted by atomic mass is 9.84. The van der Waals surface area contributed by atoms with Crippen molar-refractivity contribution in [3.8, 4) is 28.7 Å². The molecule has 0 saturated heterocycles. The number of ketones is 1. The fraction of sp³-hybridized carbons (Fsp3) is 0.212. The van der Waals surface area contributed by atoms with Gasteiger partial charge in [-0.2, -0.15) is 0 Å². The van der Waals surface area contributed by atoms with E-state index >= 15 is 0 Å². The van der Waals surface area contributed by atoms with Crippen LogP contribution in [0.3, 0.4) is 0 Å². The Morgan fingerprint density at radius 3 is 2.68 bits per heavy atom. The Hall–Kier alpha value is -4.98. The van der Waals surface area contributed by atoms with Gasteiger partial charge in [-0.05, 0) is 55.0 Å². The Morgan fingerprint density at radius 2 is 1.93 bits per heavy atom. The highest BCUT2D eigenvalue weighted by Crippen LogP contribution is 2.51. The second-order valence-corrected chi connectivity index (χ2v) is 10.2. The summed E-state index contributed by atoms with van der Waals surface area (Å²) in [6, 6.07) is 14.6. The number of benzene rings is 3. The van der Waals surface area contributed by atoms with Crippen LogP contribution in [0.25, 0.3) is 17.0 Å². The molecule has 41 heavy (non-hydrogen) atoms. The van der Waals surface area contributed by atoms with Crippen LogP contribution in [-0.2, 0) is 11.8 Å². The number of para-hydroxylation sites is 1. The summed E-state index contributed by atoms with van der Waals surface area (Å²) in [4.78, 5) is 26.4. The van der Waals surface area contributed by atoms with Crippen LogP contribution in [0.2, 0.25) is 0 Å². The van der Waals surface area contributed by atoms with E-state index in [0.29, 0.717) is 39.9 Å². The number of Topliss-reactive ketones (excluding diaryl/α,β-unsaturated/α-hetero) is 1. The van der Waals surface area contributed by atoms with Crippen LogP contribution in [0.1, 0.15) is 46.3 Å². The molecule has 0 unspecified atom stereocenters. The van der Waals surface area contributed by atoms with E-state index in [1.165, 1.54) is 0 Å². The van der Waals surface area contributed by atoms with Crippen LogP contribution >= 0.6 is 0 Å². The number of ether oxygens (including phenoxy) is 5. The second kappa shape index (κ2) is 10.2. The molecule has 0 amide bonds. The third kappa shape index (κ3) is 4.51. The maximum atomic E-state index is 13.6. The summed E-state index contributed by atoms with van der Waals surface area (Å²) in [5, 5.41) is 0.927. The average Bonchev–Trinajstić information content (AvgIpc) is 3.45. The van der Waals surface area contributed by atoms with E-state index in [1.54, 1.807) is 38.5 Å². The molecule has 8 nitrogen and oxygen atoms in total. The van der Waals surface area contributed by atoms with Gasteiger partial charge in [-0.3, -0.25) is 9.59 Å². The highest BCUT2D eigenvalue weighted by Gasteiger charge is 2.40. The molecule has 1 atom stereocenters. The quantitative estimate of drug-likeness (QED) is 0.117. The van der Waals surface area contributed by atoms with Gasteiger partial charge in [0.2, 0.25) is 5.78 Å². The topological polar surface area (TPSA) is 85.2 Å². The highest BCUT2D eigenvalue weighted by molar-refractivity contribution is 6.15. The Bertz CT molecular complexity index is 1780. The van der Waals surface area contributed by atoms with Gasteiger partial charge >= 0.3 is 5.97 Å². The van der Waals surface area contributed by atoms with Crippen molar-refractivity contribution in [3.05, 3.63) is 94.9 Å². The fourth-order valence-corrected chi connectivity index (χ4v) is 5.47. The third-order valence-electron chi connectivity index (χ3n) is 7.36. The zero-order chi connectivity index (χ0) is 28.8. The van der Waals surface area contributed by atoms with E-state index in [4.69, 9.17) is 23.7 Å². The molecule has 0 radical (unpaired) electrons. The lowest BCUT2D eigenvalue weighted by Gasteiger charge is -2.28. The maximum Gasteiger partial charge on any atom is 0.312 e. The number of aryl methyl sites for hydroxylation is 1. The Labute approximate surface area is 237 Å². The maximum absolute atomic E-state index is 13.6.